The number of benzene rings is 1. The van der Waals surface area contributed by atoms with Crippen LogP contribution in [0.2, 0.25) is 0 Å². The van der Waals surface area contributed by atoms with Crippen LogP contribution in [0.15, 0.2) is 30.3 Å². The lowest BCUT2D eigenvalue weighted by Gasteiger charge is -2.28. The first kappa shape index (κ1) is 14.5. The quantitative estimate of drug-likeness (QED) is 0.708. The van der Waals surface area contributed by atoms with Gasteiger partial charge in [0.1, 0.15) is 0 Å². The summed E-state index contributed by atoms with van der Waals surface area (Å²) in [5, 5.41) is 0. The molecule has 3 heteroatoms. The van der Waals surface area contributed by atoms with Crippen LogP contribution in [0.5, 0.6) is 0 Å². The van der Waals surface area contributed by atoms with Crippen molar-refractivity contribution in [1.82, 2.24) is 0 Å². The Morgan fingerprint density at radius 3 is 2.79 bits per heavy atom. The molecular formula is C16H24O3. The van der Waals surface area contributed by atoms with Crippen molar-refractivity contribution in [1.29, 1.82) is 0 Å². The van der Waals surface area contributed by atoms with Gasteiger partial charge in [-0.1, -0.05) is 30.3 Å². The highest BCUT2D eigenvalue weighted by atomic mass is 16.6. The standard InChI is InChI=1S/C16H24O3/c1-14(16-9-5-6-10-19-16)18-12-11-17-13-15-7-3-2-4-8-15/h2-4,7-8,14,16H,5-6,9-13H2,1H3. The lowest BCUT2D eigenvalue weighted by molar-refractivity contribution is -0.0937. The van der Waals surface area contributed by atoms with Gasteiger partial charge in [-0.2, -0.15) is 0 Å². The second-order valence-electron chi connectivity index (χ2n) is 5.02. The van der Waals surface area contributed by atoms with Gasteiger partial charge < -0.3 is 14.2 Å². The van der Waals surface area contributed by atoms with Gasteiger partial charge in [0.2, 0.25) is 0 Å². The molecule has 0 aliphatic carbocycles. The van der Waals surface area contributed by atoms with Crippen molar-refractivity contribution in [2.75, 3.05) is 19.8 Å². The van der Waals surface area contributed by atoms with E-state index in [1.165, 1.54) is 18.4 Å². The summed E-state index contributed by atoms with van der Waals surface area (Å²) >= 11 is 0. The summed E-state index contributed by atoms with van der Waals surface area (Å²) in [6.45, 7) is 4.88. The summed E-state index contributed by atoms with van der Waals surface area (Å²) in [5.74, 6) is 0. The Morgan fingerprint density at radius 1 is 1.21 bits per heavy atom. The van der Waals surface area contributed by atoms with Crippen LogP contribution in [0.3, 0.4) is 0 Å². The Labute approximate surface area is 115 Å². The van der Waals surface area contributed by atoms with Crippen molar-refractivity contribution < 1.29 is 14.2 Å². The minimum atomic E-state index is 0.167. The molecule has 0 aromatic heterocycles. The summed E-state index contributed by atoms with van der Waals surface area (Å²) in [6.07, 6.45) is 3.99. The maximum absolute atomic E-state index is 5.77. The first-order chi connectivity index (χ1) is 9.36. The molecule has 0 N–H and O–H groups in total. The molecule has 0 bridgehead atoms. The minimum Gasteiger partial charge on any atom is -0.376 e. The smallest absolute Gasteiger partial charge is 0.0833 e. The molecule has 3 nitrogen and oxygen atoms in total. The molecule has 0 radical (unpaired) electrons. The number of rotatable bonds is 7. The molecule has 0 amide bonds. The van der Waals surface area contributed by atoms with Gasteiger partial charge in [-0.05, 0) is 31.7 Å². The Morgan fingerprint density at radius 2 is 2.05 bits per heavy atom. The fraction of sp³-hybridized carbons (Fsp3) is 0.625. The van der Waals surface area contributed by atoms with Crippen LogP contribution in [-0.2, 0) is 20.8 Å². The highest BCUT2D eigenvalue weighted by Crippen LogP contribution is 2.17. The molecule has 106 valence electrons. The van der Waals surface area contributed by atoms with E-state index in [1.807, 2.05) is 18.2 Å². The first-order valence-electron chi connectivity index (χ1n) is 7.21. The summed E-state index contributed by atoms with van der Waals surface area (Å²) in [4.78, 5) is 0. The average Bonchev–Trinajstić information content (AvgIpc) is 2.49. The summed E-state index contributed by atoms with van der Waals surface area (Å²) < 4.78 is 17.1. The maximum Gasteiger partial charge on any atom is 0.0833 e. The van der Waals surface area contributed by atoms with E-state index in [0.717, 1.165) is 13.0 Å². The molecule has 1 aliphatic heterocycles. The van der Waals surface area contributed by atoms with Gasteiger partial charge in [0, 0.05) is 6.61 Å². The van der Waals surface area contributed by atoms with Crippen LogP contribution in [0.1, 0.15) is 31.7 Å². The van der Waals surface area contributed by atoms with Crippen molar-refractivity contribution in [2.24, 2.45) is 0 Å². The first-order valence-corrected chi connectivity index (χ1v) is 7.21. The van der Waals surface area contributed by atoms with Crippen LogP contribution in [0, 0.1) is 0 Å². The largest absolute Gasteiger partial charge is 0.376 e. The molecule has 1 saturated heterocycles. The minimum absolute atomic E-state index is 0.167. The summed E-state index contributed by atoms with van der Waals surface area (Å²) in [7, 11) is 0. The van der Waals surface area contributed by atoms with Crippen molar-refractivity contribution in [3.8, 4) is 0 Å². The van der Waals surface area contributed by atoms with E-state index in [4.69, 9.17) is 14.2 Å². The molecule has 1 aromatic rings. The maximum atomic E-state index is 5.77. The van der Waals surface area contributed by atoms with Gasteiger partial charge in [0.05, 0.1) is 32.0 Å². The van der Waals surface area contributed by atoms with E-state index in [1.54, 1.807) is 0 Å². The van der Waals surface area contributed by atoms with E-state index >= 15 is 0 Å². The van der Waals surface area contributed by atoms with Gasteiger partial charge in [-0.15, -0.1) is 0 Å². The topological polar surface area (TPSA) is 27.7 Å². The third kappa shape index (κ3) is 5.31. The predicted octanol–water partition coefficient (Wildman–Crippen LogP) is 3.18. The van der Waals surface area contributed by atoms with E-state index in [2.05, 4.69) is 19.1 Å². The highest BCUT2D eigenvalue weighted by molar-refractivity contribution is 5.13. The van der Waals surface area contributed by atoms with Crippen molar-refractivity contribution >= 4 is 0 Å². The Balaban J connectivity index is 1.54. The van der Waals surface area contributed by atoms with Gasteiger partial charge in [0.25, 0.3) is 0 Å². The number of hydrogen-bond donors (Lipinski definition) is 0. The summed E-state index contributed by atoms with van der Waals surface area (Å²) in [5.41, 5.74) is 1.20. The van der Waals surface area contributed by atoms with Crippen LogP contribution >= 0.6 is 0 Å². The average molecular weight is 264 g/mol. The van der Waals surface area contributed by atoms with E-state index in [-0.39, 0.29) is 12.2 Å². The molecule has 0 spiro atoms. The van der Waals surface area contributed by atoms with Gasteiger partial charge in [-0.25, -0.2) is 0 Å². The second kappa shape index (κ2) is 8.31. The number of hydrogen-bond acceptors (Lipinski definition) is 3. The zero-order valence-corrected chi connectivity index (χ0v) is 11.7. The molecule has 0 saturated carbocycles. The van der Waals surface area contributed by atoms with Crippen LogP contribution in [0.25, 0.3) is 0 Å². The fourth-order valence-electron chi connectivity index (χ4n) is 2.30. The lowest BCUT2D eigenvalue weighted by Crippen LogP contribution is -2.32. The SMILES string of the molecule is CC(OCCOCc1ccccc1)C1CCCCO1. The fourth-order valence-corrected chi connectivity index (χ4v) is 2.30. The monoisotopic (exact) mass is 264 g/mol. The molecule has 1 aliphatic rings. The van der Waals surface area contributed by atoms with Gasteiger partial charge >= 0.3 is 0 Å². The Kier molecular flexibility index (Phi) is 6.34. The normalized spacial score (nSPS) is 21.2. The second-order valence-corrected chi connectivity index (χ2v) is 5.02. The lowest BCUT2D eigenvalue weighted by atomic mass is 10.1. The Bertz CT molecular complexity index is 333. The van der Waals surface area contributed by atoms with E-state index in [9.17, 15) is 0 Å². The van der Waals surface area contributed by atoms with Gasteiger partial charge in [-0.3, -0.25) is 0 Å². The van der Waals surface area contributed by atoms with Crippen LogP contribution in [-0.4, -0.2) is 32.0 Å². The third-order valence-corrected chi connectivity index (χ3v) is 3.46. The molecule has 2 rings (SSSR count). The van der Waals surface area contributed by atoms with E-state index < -0.39 is 0 Å². The summed E-state index contributed by atoms with van der Waals surface area (Å²) in [6, 6.07) is 10.2. The molecule has 19 heavy (non-hydrogen) atoms. The molecule has 1 aromatic carbocycles. The number of ether oxygens (including phenoxy) is 3. The van der Waals surface area contributed by atoms with Crippen molar-refractivity contribution in [3.63, 3.8) is 0 Å². The molecular weight excluding hydrogens is 240 g/mol. The van der Waals surface area contributed by atoms with Crippen LogP contribution < -0.4 is 0 Å². The molecule has 1 fully saturated rings. The van der Waals surface area contributed by atoms with Crippen LogP contribution in [0.4, 0.5) is 0 Å². The molecule has 2 unspecified atom stereocenters. The van der Waals surface area contributed by atoms with Crippen molar-refractivity contribution in [3.05, 3.63) is 35.9 Å². The molecule has 1 heterocycles. The van der Waals surface area contributed by atoms with E-state index in [0.29, 0.717) is 19.8 Å². The van der Waals surface area contributed by atoms with Gasteiger partial charge in [0.15, 0.2) is 0 Å². The highest BCUT2D eigenvalue weighted by Gasteiger charge is 2.20. The zero-order valence-electron chi connectivity index (χ0n) is 11.7. The third-order valence-electron chi connectivity index (χ3n) is 3.46. The zero-order chi connectivity index (χ0) is 13.3. The predicted molar refractivity (Wildman–Crippen MR) is 75.1 cm³/mol. The Hall–Kier alpha value is -0.900. The molecule has 2 atom stereocenters. The van der Waals surface area contributed by atoms with Crippen molar-refractivity contribution in [2.45, 2.75) is 45.0 Å².